The Bertz CT molecular complexity index is 1100. The number of ether oxygens (including phenoxy) is 1. The molecule has 28 heavy (non-hydrogen) atoms. The van der Waals surface area contributed by atoms with Crippen LogP contribution in [0.1, 0.15) is 0 Å². The van der Waals surface area contributed by atoms with Crippen LogP contribution in [0.25, 0.3) is 11.3 Å². The van der Waals surface area contributed by atoms with Gasteiger partial charge in [-0.3, -0.25) is 4.72 Å². The van der Waals surface area contributed by atoms with Crippen molar-refractivity contribution in [3.8, 4) is 17.0 Å². The third kappa shape index (κ3) is 4.25. The van der Waals surface area contributed by atoms with Crippen LogP contribution in [0.5, 0.6) is 5.75 Å². The quantitative estimate of drug-likeness (QED) is 0.579. The highest BCUT2D eigenvalue weighted by Gasteiger charge is 2.21. The van der Waals surface area contributed by atoms with Crippen molar-refractivity contribution >= 4 is 15.7 Å². The average molecular weight is 418 g/mol. The molecular weight excluding hydrogens is 407 g/mol. The van der Waals surface area contributed by atoms with E-state index in [1.54, 1.807) is 0 Å². The van der Waals surface area contributed by atoms with Gasteiger partial charge in [-0.1, -0.05) is 0 Å². The van der Waals surface area contributed by atoms with Crippen LogP contribution in [0.2, 0.25) is 0 Å². The third-order valence-electron chi connectivity index (χ3n) is 3.60. The van der Waals surface area contributed by atoms with Crippen LogP contribution in [0.15, 0.2) is 53.6 Å². The number of benzene rings is 2. The summed E-state index contributed by atoms with van der Waals surface area (Å²) in [5, 5.41) is 0. The molecule has 0 aliphatic heterocycles. The maximum Gasteiger partial charge on any atom is 0.387 e. The summed E-state index contributed by atoms with van der Waals surface area (Å²) in [7, 11) is -4.33. The topological polar surface area (TPSA) is 71.2 Å². The molecule has 0 radical (unpaired) electrons. The summed E-state index contributed by atoms with van der Waals surface area (Å²) in [6.45, 7) is -3.37. The lowest BCUT2D eigenvalue weighted by atomic mass is 10.1. The van der Waals surface area contributed by atoms with Crippen LogP contribution in [0.3, 0.4) is 0 Å². The Kier molecular flexibility index (Phi) is 5.27. The lowest BCUT2D eigenvalue weighted by Gasteiger charge is -2.11. The Hall–Kier alpha value is -3.08. The molecule has 0 saturated heterocycles. The number of hydrogen-bond donors (Lipinski definition) is 2. The van der Waals surface area contributed by atoms with Crippen molar-refractivity contribution in [1.29, 1.82) is 0 Å². The van der Waals surface area contributed by atoms with Gasteiger partial charge in [0.15, 0.2) is 17.4 Å². The van der Waals surface area contributed by atoms with Gasteiger partial charge in [-0.05, 0) is 35.9 Å². The monoisotopic (exact) mass is 418 g/mol. The fraction of sp³-hybridized carbons (Fsp3) is 0.0588. The number of halogens is 5. The van der Waals surface area contributed by atoms with Gasteiger partial charge in [0.2, 0.25) is 0 Å². The molecule has 148 valence electrons. The highest BCUT2D eigenvalue weighted by molar-refractivity contribution is 7.92. The molecule has 3 aromatic rings. The first-order valence-electron chi connectivity index (χ1n) is 7.57. The van der Waals surface area contributed by atoms with Gasteiger partial charge in [0.1, 0.15) is 10.7 Å². The minimum absolute atomic E-state index is 0.306. The van der Waals surface area contributed by atoms with Gasteiger partial charge in [-0.25, -0.2) is 21.6 Å². The molecule has 0 atom stereocenters. The Labute approximate surface area is 155 Å². The third-order valence-corrected chi connectivity index (χ3v) is 4.95. The highest BCUT2D eigenvalue weighted by Crippen LogP contribution is 2.29. The number of aromatic amines is 1. The second-order valence-electron chi connectivity index (χ2n) is 5.50. The molecule has 5 nitrogen and oxygen atoms in total. The van der Waals surface area contributed by atoms with Gasteiger partial charge >= 0.3 is 6.61 Å². The Morgan fingerprint density at radius 2 is 1.64 bits per heavy atom. The molecule has 0 unspecified atom stereocenters. The number of nitrogens with one attached hydrogen (secondary N) is 2. The molecule has 0 saturated carbocycles. The van der Waals surface area contributed by atoms with Crippen LogP contribution >= 0.6 is 0 Å². The molecule has 0 aliphatic rings. The predicted octanol–water partition coefficient (Wildman–Crippen LogP) is 4.50. The van der Waals surface area contributed by atoms with E-state index in [0.717, 1.165) is 6.20 Å². The summed E-state index contributed by atoms with van der Waals surface area (Å²) in [6, 6.07) is 7.10. The predicted molar refractivity (Wildman–Crippen MR) is 90.0 cm³/mol. The first kappa shape index (κ1) is 19.7. The minimum atomic E-state index is -4.33. The second-order valence-corrected chi connectivity index (χ2v) is 7.18. The van der Waals surface area contributed by atoms with Crippen molar-refractivity contribution < 1.29 is 35.1 Å². The van der Waals surface area contributed by atoms with Gasteiger partial charge in [0.25, 0.3) is 10.0 Å². The van der Waals surface area contributed by atoms with E-state index in [0.29, 0.717) is 23.4 Å². The van der Waals surface area contributed by atoms with Crippen molar-refractivity contribution in [2.45, 2.75) is 11.5 Å². The first-order valence-corrected chi connectivity index (χ1v) is 9.05. The Morgan fingerprint density at radius 3 is 2.29 bits per heavy atom. The maximum absolute atomic E-state index is 14.0. The van der Waals surface area contributed by atoms with E-state index in [9.17, 15) is 30.4 Å². The highest BCUT2D eigenvalue weighted by atomic mass is 32.2. The lowest BCUT2D eigenvalue weighted by molar-refractivity contribution is -0.0523. The number of alkyl halides is 2. The summed E-state index contributed by atoms with van der Waals surface area (Å²) in [5.41, 5.74) is 0.0462. The maximum atomic E-state index is 14.0. The number of aromatic nitrogens is 1. The van der Waals surface area contributed by atoms with E-state index in [-0.39, 0.29) is 4.90 Å². The van der Waals surface area contributed by atoms with Gasteiger partial charge in [0.05, 0.1) is 5.69 Å². The van der Waals surface area contributed by atoms with Crippen molar-refractivity contribution in [3.63, 3.8) is 0 Å². The van der Waals surface area contributed by atoms with Crippen LogP contribution in [-0.2, 0) is 10.0 Å². The van der Waals surface area contributed by atoms with Crippen molar-refractivity contribution in [2.75, 3.05) is 4.72 Å². The van der Waals surface area contributed by atoms with Crippen LogP contribution in [0, 0.1) is 17.5 Å². The summed E-state index contributed by atoms with van der Waals surface area (Å²) in [6.07, 6.45) is 1.10. The van der Waals surface area contributed by atoms with Crippen molar-refractivity contribution in [2.24, 2.45) is 0 Å². The zero-order valence-corrected chi connectivity index (χ0v) is 14.5. The molecule has 2 aromatic carbocycles. The summed E-state index contributed by atoms with van der Waals surface area (Å²) in [4.78, 5) is 2.37. The molecule has 1 heterocycles. The number of hydrogen-bond acceptors (Lipinski definition) is 3. The van der Waals surface area contributed by atoms with Gasteiger partial charge in [-0.2, -0.15) is 8.78 Å². The van der Waals surface area contributed by atoms with Crippen molar-refractivity contribution in [3.05, 3.63) is 66.1 Å². The molecule has 3 rings (SSSR count). The van der Waals surface area contributed by atoms with Crippen LogP contribution < -0.4 is 9.46 Å². The Morgan fingerprint density at radius 1 is 0.964 bits per heavy atom. The molecule has 0 aliphatic carbocycles. The number of sulfonamides is 1. The minimum Gasteiger partial charge on any atom is -0.432 e. The van der Waals surface area contributed by atoms with E-state index < -0.39 is 45.5 Å². The van der Waals surface area contributed by atoms with Gasteiger partial charge in [0, 0.05) is 24.0 Å². The fourth-order valence-corrected chi connectivity index (χ4v) is 3.37. The number of rotatable bonds is 6. The Balaban J connectivity index is 1.86. The molecule has 11 heteroatoms. The van der Waals surface area contributed by atoms with E-state index in [1.807, 2.05) is 4.72 Å². The van der Waals surface area contributed by atoms with E-state index in [4.69, 9.17) is 0 Å². The van der Waals surface area contributed by atoms with Gasteiger partial charge < -0.3 is 9.72 Å². The SMILES string of the molecule is O=S(=O)(Nc1cc(F)c(OC(F)F)cc1F)c1c[nH]c(-c2ccc(F)cc2)c1. The molecule has 0 amide bonds. The summed E-state index contributed by atoms with van der Waals surface area (Å²) >= 11 is 0. The molecule has 2 N–H and O–H groups in total. The van der Waals surface area contributed by atoms with Crippen LogP contribution in [0.4, 0.5) is 27.6 Å². The zero-order valence-electron chi connectivity index (χ0n) is 13.7. The van der Waals surface area contributed by atoms with E-state index >= 15 is 0 Å². The summed E-state index contributed by atoms with van der Waals surface area (Å²) < 4.78 is 95.4. The zero-order chi connectivity index (χ0) is 20.5. The molecule has 0 spiro atoms. The first-order chi connectivity index (χ1) is 13.2. The second kappa shape index (κ2) is 7.50. The number of H-pyrrole nitrogens is 1. The van der Waals surface area contributed by atoms with Crippen molar-refractivity contribution in [1.82, 2.24) is 4.98 Å². The molecule has 0 fully saturated rings. The fourth-order valence-electron chi connectivity index (χ4n) is 2.32. The molecular formula is C17H11F5N2O3S. The largest absolute Gasteiger partial charge is 0.432 e. The lowest BCUT2D eigenvalue weighted by Crippen LogP contribution is -2.14. The van der Waals surface area contributed by atoms with E-state index in [2.05, 4.69) is 9.72 Å². The molecule has 0 bridgehead atoms. The number of anilines is 1. The standard InChI is InChI=1S/C17H11F5N2O3S/c18-10-3-1-9(2-4-10)14-5-11(8-23-14)28(25,26)24-15-6-13(20)16(7-12(15)19)27-17(21)22/h1-8,17,23-24H. The normalized spacial score (nSPS) is 11.6. The van der Waals surface area contributed by atoms with Gasteiger partial charge in [-0.15, -0.1) is 0 Å². The smallest absolute Gasteiger partial charge is 0.387 e. The van der Waals surface area contributed by atoms with Crippen LogP contribution in [-0.4, -0.2) is 20.0 Å². The summed E-state index contributed by atoms with van der Waals surface area (Å²) in [5.74, 6) is -4.22. The average Bonchev–Trinajstić information content (AvgIpc) is 3.10. The molecule has 1 aromatic heterocycles. The van der Waals surface area contributed by atoms with E-state index in [1.165, 1.54) is 30.3 Å².